The predicted octanol–water partition coefficient (Wildman–Crippen LogP) is 3.51. The molecule has 0 spiro atoms. The molecule has 1 unspecified atom stereocenters. The molecular formula is C22H27N3O4. The summed E-state index contributed by atoms with van der Waals surface area (Å²) >= 11 is 0. The van der Waals surface area contributed by atoms with Gasteiger partial charge in [-0.15, -0.1) is 0 Å². The van der Waals surface area contributed by atoms with Gasteiger partial charge in [-0.1, -0.05) is 17.3 Å². The van der Waals surface area contributed by atoms with Gasteiger partial charge in [-0.3, -0.25) is 9.59 Å². The van der Waals surface area contributed by atoms with Gasteiger partial charge in [-0.2, -0.15) is 0 Å². The molecule has 29 heavy (non-hydrogen) atoms. The Hall–Kier alpha value is -2.83. The minimum Gasteiger partial charge on any atom is -0.497 e. The van der Waals surface area contributed by atoms with Crippen molar-refractivity contribution in [3.63, 3.8) is 0 Å². The molecule has 0 radical (unpaired) electrons. The van der Waals surface area contributed by atoms with Crippen molar-refractivity contribution in [1.82, 2.24) is 10.1 Å². The molecule has 7 nitrogen and oxygen atoms in total. The first-order valence-corrected chi connectivity index (χ1v) is 10.2. The molecule has 4 rings (SSSR count). The number of aromatic nitrogens is 1. The van der Waals surface area contributed by atoms with Crippen molar-refractivity contribution in [3.8, 4) is 5.75 Å². The second-order valence-corrected chi connectivity index (χ2v) is 7.98. The molecule has 1 saturated carbocycles. The number of hydrogen-bond acceptors (Lipinski definition) is 5. The Morgan fingerprint density at radius 3 is 2.66 bits per heavy atom. The largest absolute Gasteiger partial charge is 0.497 e. The fraction of sp³-hybridized carbons (Fsp3) is 0.500. The van der Waals surface area contributed by atoms with E-state index in [1.54, 1.807) is 25.0 Å². The Morgan fingerprint density at radius 1 is 1.28 bits per heavy atom. The zero-order chi connectivity index (χ0) is 20.4. The summed E-state index contributed by atoms with van der Waals surface area (Å²) in [4.78, 5) is 27.6. The van der Waals surface area contributed by atoms with Crippen LogP contribution in [0.15, 0.2) is 34.9 Å². The Bertz CT molecular complexity index is 872. The van der Waals surface area contributed by atoms with Crippen molar-refractivity contribution in [3.05, 3.63) is 41.7 Å². The van der Waals surface area contributed by atoms with Crippen LogP contribution in [-0.4, -0.2) is 41.6 Å². The number of amides is 2. The van der Waals surface area contributed by atoms with Crippen molar-refractivity contribution in [2.45, 2.75) is 51.0 Å². The van der Waals surface area contributed by atoms with E-state index in [2.05, 4.69) is 22.6 Å². The quantitative estimate of drug-likeness (QED) is 0.773. The van der Waals surface area contributed by atoms with E-state index < -0.39 is 6.04 Å². The molecular weight excluding hydrogens is 370 g/mol. The number of methoxy groups -OCH3 is 1. The molecule has 1 aromatic carbocycles. The summed E-state index contributed by atoms with van der Waals surface area (Å²) in [6, 6.07) is 9.22. The minimum absolute atomic E-state index is 0.0479. The Kier molecular flexibility index (Phi) is 5.56. The number of carbonyl (C=O) groups is 2. The molecule has 2 aromatic rings. The van der Waals surface area contributed by atoms with E-state index >= 15 is 0 Å². The van der Waals surface area contributed by atoms with Crippen molar-refractivity contribution in [2.24, 2.45) is 5.92 Å². The number of carbonyl (C=O) groups excluding carboxylic acids is 2. The van der Waals surface area contributed by atoms with E-state index in [1.165, 1.54) is 5.56 Å². The van der Waals surface area contributed by atoms with Gasteiger partial charge in [0.05, 0.1) is 7.11 Å². The maximum absolute atomic E-state index is 13.1. The molecule has 2 aliphatic rings. The van der Waals surface area contributed by atoms with Crippen LogP contribution >= 0.6 is 0 Å². The Balaban J connectivity index is 1.43. The number of nitrogens with zero attached hydrogens (tertiary/aromatic N) is 2. The van der Waals surface area contributed by atoms with E-state index in [4.69, 9.17) is 9.26 Å². The number of nitrogens with one attached hydrogen (secondary N) is 1. The first-order valence-electron chi connectivity index (χ1n) is 10.2. The second kappa shape index (κ2) is 8.27. The molecule has 7 heteroatoms. The van der Waals surface area contributed by atoms with E-state index in [-0.39, 0.29) is 17.7 Å². The van der Waals surface area contributed by atoms with Gasteiger partial charge in [0.1, 0.15) is 17.6 Å². The van der Waals surface area contributed by atoms with Crippen LogP contribution < -0.4 is 10.1 Å². The SMILES string of the molecule is COc1ccc(C(CC(=O)N2CCC[C@H]2C(=O)Nc2cc(C)on2)C2CC2)cc1. The maximum Gasteiger partial charge on any atom is 0.248 e. The van der Waals surface area contributed by atoms with Gasteiger partial charge in [-0.05, 0) is 62.1 Å². The van der Waals surface area contributed by atoms with Gasteiger partial charge in [0, 0.05) is 19.0 Å². The van der Waals surface area contributed by atoms with E-state index in [9.17, 15) is 9.59 Å². The predicted molar refractivity (Wildman–Crippen MR) is 108 cm³/mol. The van der Waals surface area contributed by atoms with Crippen molar-refractivity contribution < 1.29 is 18.8 Å². The Labute approximate surface area is 170 Å². The summed E-state index contributed by atoms with van der Waals surface area (Å²) < 4.78 is 10.2. The number of anilines is 1. The summed E-state index contributed by atoms with van der Waals surface area (Å²) in [6.07, 6.45) is 4.24. The number of aryl methyl sites for hydroxylation is 1. The first-order chi connectivity index (χ1) is 14.0. The summed E-state index contributed by atoms with van der Waals surface area (Å²) in [6.45, 7) is 2.39. The van der Waals surface area contributed by atoms with Crippen LogP contribution in [-0.2, 0) is 9.59 Å². The van der Waals surface area contributed by atoms with Crippen LogP contribution in [0, 0.1) is 12.8 Å². The third kappa shape index (κ3) is 4.44. The van der Waals surface area contributed by atoms with Crippen LogP contribution in [0.25, 0.3) is 0 Å². The zero-order valence-electron chi connectivity index (χ0n) is 16.9. The van der Waals surface area contributed by atoms with Crippen LogP contribution in [0.5, 0.6) is 5.75 Å². The highest BCUT2D eigenvalue weighted by molar-refractivity contribution is 5.97. The summed E-state index contributed by atoms with van der Waals surface area (Å²) in [5, 5.41) is 6.58. The topological polar surface area (TPSA) is 84.7 Å². The van der Waals surface area contributed by atoms with Crippen LogP contribution in [0.1, 0.15) is 49.3 Å². The lowest BCUT2D eigenvalue weighted by Crippen LogP contribution is -2.43. The van der Waals surface area contributed by atoms with Gasteiger partial charge < -0.3 is 19.5 Å². The lowest BCUT2D eigenvalue weighted by atomic mass is 9.90. The molecule has 1 aromatic heterocycles. The fourth-order valence-corrected chi connectivity index (χ4v) is 4.18. The van der Waals surface area contributed by atoms with Crippen molar-refractivity contribution in [2.75, 3.05) is 19.0 Å². The summed E-state index contributed by atoms with van der Waals surface area (Å²) in [5.41, 5.74) is 1.17. The number of hydrogen-bond donors (Lipinski definition) is 1. The Morgan fingerprint density at radius 2 is 2.03 bits per heavy atom. The summed E-state index contributed by atoms with van der Waals surface area (Å²) in [5.74, 6) is 2.42. The highest BCUT2D eigenvalue weighted by Crippen LogP contribution is 2.45. The molecule has 1 N–H and O–H groups in total. The zero-order valence-corrected chi connectivity index (χ0v) is 16.9. The number of rotatable bonds is 7. The third-order valence-electron chi connectivity index (χ3n) is 5.88. The molecule has 2 fully saturated rings. The fourth-order valence-electron chi connectivity index (χ4n) is 4.18. The molecule has 2 amide bonds. The molecule has 0 bridgehead atoms. The molecule has 1 aliphatic carbocycles. The lowest BCUT2D eigenvalue weighted by molar-refractivity contribution is -0.137. The molecule has 2 heterocycles. The highest BCUT2D eigenvalue weighted by Gasteiger charge is 2.39. The number of benzene rings is 1. The normalized spacial score (nSPS) is 19.8. The average molecular weight is 397 g/mol. The van der Waals surface area contributed by atoms with Crippen molar-refractivity contribution >= 4 is 17.6 Å². The van der Waals surface area contributed by atoms with Gasteiger partial charge in [0.2, 0.25) is 11.8 Å². The molecule has 154 valence electrons. The van der Waals surface area contributed by atoms with Crippen molar-refractivity contribution in [1.29, 1.82) is 0 Å². The highest BCUT2D eigenvalue weighted by atomic mass is 16.5. The minimum atomic E-state index is -0.449. The standard InChI is InChI=1S/C22H27N3O4/c1-14-12-20(24-29-14)23-22(27)19-4-3-11-25(19)21(26)13-18(15-5-6-15)16-7-9-17(28-2)10-8-16/h7-10,12,15,18-19H,3-6,11,13H2,1-2H3,(H,23,24,27)/t18?,19-/m0/s1. The second-order valence-electron chi connectivity index (χ2n) is 7.98. The van der Waals surface area contributed by atoms with Crippen LogP contribution in [0.4, 0.5) is 5.82 Å². The number of likely N-dealkylation sites (tertiary alicyclic amines) is 1. The molecule has 2 atom stereocenters. The van der Waals surface area contributed by atoms with Gasteiger partial charge in [-0.25, -0.2) is 0 Å². The van der Waals surface area contributed by atoms with Gasteiger partial charge >= 0.3 is 0 Å². The van der Waals surface area contributed by atoms with E-state index in [0.29, 0.717) is 36.9 Å². The van der Waals surface area contributed by atoms with Crippen LogP contribution in [0.2, 0.25) is 0 Å². The van der Waals surface area contributed by atoms with Gasteiger partial charge in [0.25, 0.3) is 0 Å². The first kappa shape index (κ1) is 19.5. The van der Waals surface area contributed by atoms with Gasteiger partial charge in [0.15, 0.2) is 5.82 Å². The molecule has 1 aliphatic heterocycles. The number of ether oxygens (including phenoxy) is 1. The monoisotopic (exact) mass is 397 g/mol. The summed E-state index contributed by atoms with van der Waals surface area (Å²) in [7, 11) is 1.65. The smallest absolute Gasteiger partial charge is 0.248 e. The van der Waals surface area contributed by atoms with E-state index in [0.717, 1.165) is 25.0 Å². The third-order valence-corrected chi connectivity index (χ3v) is 5.88. The van der Waals surface area contributed by atoms with E-state index in [1.807, 2.05) is 12.1 Å². The average Bonchev–Trinajstić information content (AvgIpc) is 3.29. The van der Waals surface area contributed by atoms with Crippen LogP contribution in [0.3, 0.4) is 0 Å². The lowest BCUT2D eigenvalue weighted by Gasteiger charge is -2.26. The molecule has 1 saturated heterocycles. The maximum atomic E-state index is 13.1.